The Hall–Kier alpha value is -4.42. The van der Waals surface area contributed by atoms with Gasteiger partial charge in [0.15, 0.2) is 11.6 Å². The molecule has 0 aliphatic heterocycles. The van der Waals surface area contributed by atoms with Gasteiger partial charge in [0.2, 0.25) is 20.9 Å². The van der Waals surface area contributed by atoms with Crippen molar-refractivity contribution in [2.45, 2.75) is 39.7 Å². The number of methoxy groups -OCH3 is 1. The third kappa shape index (κ3) is 8.83. The lowest BCUT2D eigenvalue weighted by molar-refractivity contribution is 0.0992. The molecule has 0 radical (unpaired) electrons. The van der Waals surface area contributed by atoms with E-state index in [1.807, 2.05) is 6.92 Å². The number of fused-ring (bicyclic) bond motifs is 1. The molecule has 1 aromatic heterocycles. The Balaban J connectivity index is 1.65. The van der Waals surface area contributed by atoms with Gasteiger partial charge in [0.05, 0.1) is 40.1 Å². The molecule has 3 aromatic carbocycles. The minimum atomic E-state index is -3.30. The number of carbonyl (C=O) groups excluding carboxylic acids is 1. The minimum absolute atomic E-state index is 0.0246. The standard InChI is InChI=1S/C31H35ClN8O4S/c1-5-39(6-2)18-10-11-21(3)36-38-37-31(41)22-12-9-13-23(19-22)40(45(42)43)30-29(33-26-14-7-8-15-27(26)35-30)34-28-20-24(44-4)16-17-25(28)32/h7-9,12-17,19-21,45H,5-6,10-11,18H2,1-4H3/p+1. The molecule has 4 aromatic rings. The van der Waals surface area contributed by atoms with Gasteiger partial charge in [-0.05, 0) is 81.9 Å². The van der Waals surface area contributed by atoms with Crippen molar-refractivity contribution in [3.63, 3.8) is 0 Å². The molecule has 0 aliphatic carbocycles. The van der Waals surface area contributed by atoms with Crippen LogP contribution in [0.4, 0.5) is 23.0 Å². The van der Waals surface area contributed by atoms with Crippen molar-refractivity contribution in [1.82, 2.24) is 19.8 Å². The molecule has 1 amide bonds. The highest BCUT2D eigenvalue weighted by atomic mass is 35.5. The monoisotopic (exact) mass is 651 g/mol. The maximum absolute atomic E-state index is 12.9. The predicted octanol–water partition coefficient (Wildman–Crippen LogP) is 6.32. The summed E-state index contributed by atoms with van der Waals surface area (Å²) in [4.78, 5) is 28.3. The van der Waals surface area contributed by atoms with Crippen LogP contribution in [0.1, 0.15) is 44.0 Å². The molecular weight excluding hydrogens is 616 g/mol. The maximum Gasteiger partial charge on any atom is 0.360 e. The number of aromatic nitrogens is 2. The molecule has 0 saturated heterocycles. The van der Waals surface area contributed by atoms with E-state index in [1.54, 1.807) is 54.6 Å². The van der Waals surface area contributed by atoms with E-state index in [1.165, 1.54) is 19.2 Å². The molecule has 0 saturated carbocycles. The first-order chi connectivity index (χ1) is 21.7. The van der Waals surface area contributed by atoms with Crippen LogP contribution in [0.15, 0.2) is 77.0 Å². The second-order valence-corrected chi connectivity index (χ2v) is 11.4. The number of hydrogen-bond acceptors (Lipinski definition) is 9. The van der Waals surface area contributed by atoms with E-state index in [0.717, 1.165) is 36.8 Å². The normalized spacial score (nSPS) is 11.7. The molecule has 0 aliphatic rings. The van der Waals surface area contributed by atoms with Crippen LogP contribution in [0.2, 0.25) is 5.02 Å². The van der Waals surface area contributed by atoms with Crippen LogP contribution in [0, 0.1) is 0 Å². The summed E-state index contributed by atoms with van der Waals surface area (Å²) in [6.07, 6.45) is 1.77. The highest BCUT2D eigenvalue weighted by Crippen LogP contribution is 2.36. The second kappa shape index (κ2) is 16.1. The first kappa shape index (κ1) is 33.5. The molecule has 0 fully saturated rings. The van der Waals surface area contributed by atoms with Crippen molar-refractivity contribution >= 4 is 62.4 Å². The first-order valence-electron chi connectivity index (χ1n) is 14.5. The molecule has 12 nitrogen and oxygen atoms in total. The number of carbonyl (C=O) groups is 1. The van der Waals surface area contributed by atoms with Crippen molar-refractivity contribution in [1.29, 1.82) is 0 Å². The first-order valence-corrected chi connectivity index (χ1v) is 16.0. The van der Waals surface area contributed by atoms with Crippen LogP contribution in [-0.4, -0.2) is 62.0 Å². The number of amides is 1. The van der Waals surface area contributed by atoms with Gasteiger partial charge < -0.3 is 15.0 Å². The second-order valence-electron chi connectivity index (χ2n) is 10.1. The molecule has 14 heteroatoms. The molecule has 1 N–H and O–H groups in total. The zero-order valence-corrected chi connectivity index (χ0v) is 27.2. The summed E-state index contributed by atoms with van der Waals surface area (Å²) in [5, 5.41) is 11.3. The van der Waals surface area contributed by atoms with Gasteiger partial charge in [-0.25, -0.2) is 22.7 Å². The minimum Gasteiger partial charge on any atom is -0.497 e. The lowest BCUT2D eigenvalue weighted by Gasteiger charge is -2.21. The summed E-state index contributed by atoms with van der Waals surface area (Å²) in [5.41, 5.74) is 1.70. The van der Waals surface area contributed by atoms with E-state index in [0.29, 0.717) is 27.5 Å². The van der Waals surface area contributed by atoms with E-state index < -0.39 is 16.8 Å². The molecule has 1 heterocycles. The SMILES string of the molecule is CCN(CC)CCCC(C)N=[N+]=NC(=O)c1cccc(N(c2nc3ccccc3nc2Nc2cc(OC)ccc2Cl)[SH](=O)=O)c1. The summed E-state index contributed by atoms with van der Waals surface area (Å²) in [7, 11) is -1.78. The number of nitrogens with one attached hydrogen (secondary N) is 1. The van der Waals surface area contributed by atoms with E-state index in [2.05, 4.69) is 49.2 Å². The van der Waals surface area contributed by atoms with Crippen molar-refractivity contribution in [2.75, 3.05) is 36.4 Å². The van der Waals surface area contributed by atoms with Gasteiger partial charge in [-0.3, -0.25) is 4.79 Å². The van der Waals surface area contributed by atoms with Gasteiger partial charge in [-0.1, -0.05) is 43.6 Å². The van der Waals surface area contributed by atoms with Crippen molar-refractivity contribution in [3.05, 3.63) is 77.3 Å². The largest absolute Gasteiger partial charge is 0.497 e. The Morgan fingerprint density at radius 3 is 2.47 bits per heavy atom. The number of hydrogen-bond donors (Lipinski definition) is 2. The van der Waals surface area contributed by atoms with Crippen molar-refractivity contribution < 1.29 is 17.9 Å². The van der Waals surface area contributed by atoms with Gasteiger partial charge >= 0.3 is 5.91 Å². The highest BCUT2D eigenvalue weighted by molar-refractivity contribution is 7.74. The Bertz CT molecular complexity index is 1780. The molecule has 0 spiro atoms. The molecular formula is C31H36ClN8O4S+. The van der Waals surface area contributed by atoms with Crippen LogP contribution in [-0.2, 0) is 10.9 Å². The average molecular weight is 652 g/mol. The van der Waals surface area contributed by atoms with E-state index in [4.69, 9.17) is 16.3 Å². The Morgan fingerprint density at radius 2 is 1.78 bits per heavy atom. The number of para-hydroxylation sites is 2. The number of ether oxygens (including phenoxy) is 1. The number of thiol groups is 1. The van der Waals surface area contributed by atoms with E-state index in [9.17, 15) is 13.2 Å². The zero-order valence-electron chi connectivity index (χ0n) is 25.6. The fourth-order valence-electron chi connectivity index (χ4n) is 4.56. The van der Waals surface area contributed by atoms with E-state index in [-0.39, 0.29) is 28.9 Å². The lowest BCUT2D eigenvalue weighted by atomic mass is 10.2. The van der Waals surface area contributed by atoms with Gasteiger partial charge in [0.1, 0.15) is 16.9 Å². The fourth-order valence-corrected chi connectivity index (χ4v) is 5.33. The van der Waals surface area contributed by atoms with Crippen LogP contribution in [0.3, 0.4) is 0 Å². The molecule has 1 unspecified atom stereocenters. The molecule has 0 bridgehead atoms. The summed E-state index contributed by atoms with van der Waals surface area (Å²) in [6.45, 7) is 9.14. The van der Waals surface area contributed by atoms with Gasteiger partial charge in [-0.15, -0.1) is 0 Å². The number of benzene rings is 3. The summed E-state index contributed by atoms with van der Waals surface area (Å²) >= 11 is 6.43. The van der Waals surface area contributed by atoms with Gasteiger partial charge in [-0.2, -0.15) is 0 Å². The fraction of sp³-hybridized carbons (Fsp3) is 0.323. The number of nitrogens with zero attached hydrogens (tertiary/aromatic N) is 7. The summed E-state index contributed by atoms with van der Waals surface area (Å²) in [5.74, 6) is -0.0371. The summed E-state index contributed by atoms with van der Waals surface area (Å²) in [6, 6.07) is 18.0. The zero-order chi connectivity index (χ0) is 32.3. The number of rotatable bonds is 14. The van der Waals surface area contributed by atoms with Crippen LogP contribution >= 0.6 is 11.6 Å². The third-order valence-electron chi connectivity index (χ3n) is 7.06. The average Bonchev–Trinajstić information content (AvgIpc) is 3.04. The number of halogens is 1. The smallest absolute Gasteiger partial charge is 0.360 e. The Labute approximate surface area is 268 Å². The number of anilines is 4. The molecule has 236 valence electrons. The van der Waals surface area contributed by atoms with Crippen LogP contribution in [0.25, 0.3) is 11.0 Å². The summed E-state index contributed by atoms with van der Waals surface area (Å²) < 4.78 is 31.8. The molecule has 4 rings (SSSR count). The van der Waals surface area contributed by atoms with Crippen molar-refractivity contribution in [2.24, 2.45) is 10.2 Å². The lowest BCUT2D eigenvalue weighted by Crippen LogP contribution is -2.24. The van der Waals surface area contributed by atoms with Gasteiger partial charge in [0, 0.05) is 6.07 Å². The van der Waals surface area contributed by atoms with Crippen LogP contribution < -0.4 is 19.3 Å². The maximum atomic E-state index is 12.9. The molecule has 1 atom stereocenters. The van der Waals surface area contributed by atoms with Gasteiger partial charge in [0.25, 0.3) is 0 Å². The predicted molar refractivity (Wildman–Crippen MR) is 178 cm³/mol. The van der Waals surface area contributed by atoms with Crippen LogP contribution in [0.5, 0.6) is 5.75 Å². The van der Waals surface area contributed by atoms with Crippen molar-refractivity contribution in [3.8, 4) is 5.75 Å². The Kier molecular flexibility index (Phi) is 11.9. The molecule has 45 heavy (non-hydrogen) atoms. The highest BCUT2D eigenvalue weighted by Gasteiger charge is 2.23. The third-order valence-corrected chi connectivity index (χ3v) is 8.13. The van der Waals surface area contributed by atoms with E-state index >= 15 is 0 Å². The quantitative estimate of drug-likeness (QED) is 0.0916. The Morgan fingerprint density at radius 1 is 1.04 bits per heavy atom. The topological polar surface area (TPSA) is 144 Å².